The molecule has 0 bridgehead atoms. The van der Waals surface area contributed by atoms with E-state index in [1.54, 1.807) is 0 Å². The minimum atomic E-state index is 0.132. The SMILES string of the molecule is C/C(=N/NC(N)=S)c1ccc(/C(C)=N/NC(N)=S)cc1. The molecule has 0 saturated heterocycles. The second-order valence-corrected chi connectivity index (χ2v) is 4.80. The van der Waals surface area contributed by atoms with Gasteiger partial charge in [-0.2, -0.15) is 10.2 Å². The average Bonchev–Trinajstić information content (AvgIpc) is 2.42. The van der Waals surface area contributed by atoms with E-state index in [0.717, 1.165) is 22.6 Å². The van der Waals surface area contributed by atoms with Crippen LogP contribution in [0.25, 0.3) is 0 Å². The van der Waals surface area contributed by atoms with Gasteiger partial charge in [-0.3, -0.25) is 10.9 Å². The number of nitrogens with one attached hydrogen (secondary N) is 2. The van der Waals surface area contributed by atoms with Crippen molar-refractivity contribution in [1.29, 1.82) is 0 Å². The van der Waals surface area contributed by atoms with Crippen molar-refractivity contribution in [3.63, 3.8) is 0 Å². The number of hydrogen-bond acceptors (Lipinski definition) is 4. The molecule has 0 aliphatic rings. The van der Waals surface area contributed by atoms with Gasteiger partial charge >= 0.3 is 0 Å². The molecule has 0 aliphatic carbocycles. The van der Waals surface area contributed by atoms with Crippen molar-refractivity contribution < 1.29 is 0 Å². The van der Waals surface area contributed by atoms with Gasteiger partial charge in [-0.05, 0) is 49.4 Å². The molecule has 1 rings (SSSR count). The van der Waals surface area contributed by atoms with E-state index in [4.69, 9.17) is 11.5 Å². The molecule has 8 heteroatoms. The van der Waals surface area contributed by atoms with Crippen molar-refractivity contribution in [3.05, 3.63) is 35.4 Å². The Hall–Kier alpha value is -2.06. The summed E-state index contributed by atoms with van der Waals surface area (Å²) in [5.41, 5.74) is 19.2. The van der Waals surface area contributed by atoms with Crippen molar-refractivity contribution in [2.24, 2.45) is 21.7 Å². The molecule has 0 heterocycles. The van der Waals surface area contributed by atoms with Crippen LogP contribution in [0.1, 0.15) is 25.0 Å². The van der Waals surface area contributed by atoms with Gasteiger partial charge in [-0.1, -0.05) is 24.3 Å². The van der Waals surface area contributed by atoms with Crippen molar-refractivity contribution >= 4 is 46.1 Å². The Balaban J connectivity index is 2.83. The second kappa shape index (κ2) is 7.51. The average molecular weight is 308 g/mol. The van der Waals surface area contributed by atoms with Crippen molar-refractivity contribution in [1.82, 2.24) is 10.9 Å². The Labute approximate surface area is 128 Å². The highest BCUT2D eigenvalue weighted by Gasteiger charge is 2.01. The van der Waals surface area contributed by atoms with Crippen molar-refractivity contribution in [3.8, 4) is 0 Å². The van der Waals surface area contributed by atoms with Crippen molar-refractivity contribution in [2.75, 3.05) is 0 Å². The zero-order chi connectivity index (χ0) is 15.1. The number of hydrogen-bond donors (Lipinski definition) is 4. The maximum atomic E-state index is 5.31. The molecule has 0 aliphatic heterocycles. The minimum Gasteiger partial charge on any atom is -0.375 e. The summed E-state index contributed by atoms with van der Waals surface area (Å²) in [6, 6.07) is 7.70. The number of benzene rings is 1. The quantitative estimate of drug-likeness (QED) is 0.373. The zero-order valence-corrected chi connectivity index (χ0v) is 12.8. The summed E-state index contributed by atoms with van der Waals surface area (Å²) in [7, 11) is 0. The lowest BCUT2D eigenvalue weighted by Crippen LogP contribution is -2.25. The van der Waals surface area contributed by atoms with E-state index in [9.17, 15) is 0 Å². The zero-order valence-electron chi connectivity index (χ0n) is 11.2. The maximum Gasteiger partial charge on any atom is 0.184 e. The Kier molecular flexibility index (Phi) is 6.01. The first kappa shape index (κ1) is 16.0. The molecule has 0 saturated carbocycles. The predicted octanol–water partition coefficient (Wildman–Crippen LogP) is 0.801. The van der Waals surface area contributed by atoms with Gasteiger partial charge in [0, 0.05) is 0 Å². The molecule has 20 heavy (non-hydrogen) atoms. The highest BCUT2D eigenvalue weighted by atomic mass is 32.1. The molecule has 0 fully saturated rings. The lowest BCUT2D eigenvalue weighted by molar-refractivity contribution is 1.03. The van der Waals surface area contributed by atoms with Crippen LogP contribution in [0.4, 0.5) is 0 Å². The molecule has 6 nitrogen and oxygen atoms in total. The maximum absolute atomic E-state index is 5.31. The molecule has 0 radical (unpaired) electrons. The fourth-order valence-corrected chi connectivity index (χ4v) is 1.45. The third-order valence-corrected chi connectivity index (χ3v) is 2.57. The molecule has 0 spiro atoms. The van der Waals surface area contributed by atoms with Crippen LogP contribution in [-0.4, -0.2) is 21.6 Å². The van der Waals surface area contributed by atoms with E-state index in [1.165, 1.54) is 0 Å². The summed E-state index contributed by atoms with van der Waals surface area (Å²) in [6.07, 6.45) is 0. The number of nitrogens with zero attached hydrogens (tertiary/aromatic N) is 2. The van der Waals surface area contributed by atoms with E-state index in [2.05, 4.69) is 45.5 Å². The molecule has 1 aromatic rings. The van der Waals surface area contributed by atoms with Gasteiger partial charge in [0.2, 0.25) is 0 Å². The first-order valence-electron chi connectivity index (χ1n) is 5.70. The molecule has 106 valence electrons. The topological polar surface area (TPSA) is 101 Å². The molecule has 0 atom stereocenters. The van der Waals surface area contributed by atoms with E-state index < -0.39 is 0 Å². The Morgan fingerprint density at radius 2 is 1.15 bits per heavy atom. The lowest BCUT2D eigenvalue weighted by atomic mass is 10.1. The largest absolute Gasteiger partial charge is 0.375 e. The van der Waals surface area contributed by atoms with Gasteiger partial charge in [0.1, 0.15) is 0 Å². The van der Waals surface area contributed by atoms with Gasteiger partial charge in [-0.25, -0.2) is 0 Å². The van der Waals surface area contributed by atoms with Crippen LogP contribution in [0, 0.1) is 0 Å². The Morgan fingerprint density at radius 1 is 0.850 bits per heavy atom. The van der Waals surface area contributed by atoms with E-state index in [0.29, 0.717) is 0 Å². The molecule has 1 aromatic carbocycles. The third-order valence-electron chi connectivity index (χ3n) is 2.39. The third kappa shape index (κ3) is 5.29. The summed E-state index contributed by atoms with van der Waals surface area (Å²) in [5, 5.41) is 8.37. The highest BCUT2D eigenvalue weighted by Crippen LogP contribution is 2.07. The van der Waals surface area contributed by atoms with E-state index in [-0.39, 0.29) is 10.2 Å². The first-order valence-corrected chi connectivity index (χ1v) is 6.52. The normalized spacial score (nSPS) is 11.9. The summed E-state index contributed by atoms with van der Waals surface area (Å²) >= 11 is 9.37. The van der Waals surface area contributed by atoms with Crippen LogP contribution in [0.15, 0.2) is 34.5 Å². The first-order chi connectivity index (χ1) is 9.40. The standard InChI is InChI=1S/C12H16N6S2/c1-7(15-17-11(13)19)9-3-5-10(6-4-9)8(2)16-18-12(14)20/h3-6H,1-2H3,(H3,13,17,19)(H3,14,18,20)/b15-7-,16-8+. The summed E-state index contributed by atoms with van der Waals surface area (Å²) in [5.74, 6) is 0. The molecule has 0 aromatic heterocycles. The fourth-order valence-electron chi connectivity index (χ4n) is 1.36. The predicted molar refractivity (Wildman–Crippen MR) is 90.7 cm³/mol. The number of thiocarbonyl (C=S) groups is 2. The molecule has 0 amide bonds. The Bertz CT molecular complexity index is 511. The monoisotopic (exact) mass is 308 g/mol. The number of hydrazone groups is 2. The number of nitrogens with two attached hydrogens (primary N) is 2. The van der Waals surface area contributed by atoms with Gasteiger partial charge in [0.15, 0.2) is 10.2 Å². The van der Waals surface area contributed by atoms with E-state index in [1.807, 2.05) is 38.1 Å². The van der Waals surface area contributed by atoms with Crippen LogP contribution in [-0.2, 0) is 0 Å². The smallest absolute Gasteiger partial charge is 0.184 e. The second-order valence-electron chi connectivity index (χ2n) is 3.92. The lowest BCUT2D eigenvalue weighted by Gasteiger charge is -2.05. The molecular formula is C12H16N6S2. The minimum absolute atomic E-state index is 0.132. The van der Waals surface area contributed by atoms with Gasteiger partial charge in [0.25, 0.3) is 0 Å². The van der Waals surface area contributed by atoms with Crippen LogP contribution < -0.4 is 22.3 Å². The van der Waals surface area contributed by atoms with Gasteiger partial charge < -0.3 is 11.5 Å². The Morgan fingerprint density at radius 3 is 1.40 bits per heavy atom. The fraction of sp³-hybridized carbons (Fsp3) is 0.167. The van der Waals surface area contributed by atoms with Gasteiger partial charge in [-0.15, -0.1) is 0 Å². The summed E-state index contributed by atoms with van der Waals surface area (Å²) in [6.45, 7) is 3.71. The molecule has 0 unspecified atom stereocenters. The summed E-state index contributed by atoms with van der Waals surface area (Å²) in [4.78, 5) is 0. The molecular weight excluding hydrogens is 292 g/mol. The molecule has 6 N–H and O–H groups in total. The van der Waals surface area contributed by atoms with E-state index >= 15 is 0 Å². The van der Waals surface area contributed by atoms with Crippen LogP contribution >= 0.6 is 24.4 Å². The van der Waals surface area contributed by atoms with Gasteiger partial charge in [0.05, 0.1) is 11.4 Å². The number of rotatable bonds is 4. The highest BCUT2D eigenvalue weighted by molar-refractivity contribution is 7.80. The van der Waals surface area contributed by atoms with Crippen LogP contribution in [0.5, 0.6) is 0 Å². The van der Waals surface area contributed by atoms with Crippen LogP contribution in [0.3, 0.4) is 0 Å². The van der Waals surface area contributed by atoms with Crippen LogP contribution in [0.2, 0.25) is 0 Å². The summed E-state index contributed by atoms with van der Waals surface area (Å²) < 4.78 is 0. The van der Waals surface area contributed by atoms with Crippen molar-refractivity contribution in [2.45, 2.75) is 13.8 Å².